The molecule has 0 amide bonds. The normalized spacial score (nSPS) is 40.3. The molecule has 0 bridgehead atoms. The molecule has 1 aliphatic heterocycles. The lowest BCUT2D eigenvalue weighted by atomic mass is 9.86. The Morgan fingerprint density at radius 2 is 2.14 bits per heavy atom. The Labute approximate surface area is 86.6 Å². The van der Waals surface area contributed by atoms with Gasteiger partial charge in [-0.1, -0.05) is 13.3 Å². The Morgan fingerprint density at radius 3 is 2.64 bits per heavy atom. The average molecular weight is 198 g/mol. The fourth-order valence-corrected chi connectivity index (χ4v) is 3.14. The average Bonchev–Trinajstić information content (AvgIpc) is 2.62. The molecule has 0 aromatic heterocycles. The molecule has 1 saturated heterocycles. The molecule has 1 heterocycles. The number of morpholine rings is 1. The van der Waals surface area contributed by atoms with E-state index < -0.39 is 0 Å². The molecule has 2 rings (SSSR count). The maximum absolute atomic E-state index is 6.01. The third kappa shape index (κ3) is 1.58. The lowest BCUT2D eigenvalue weighted by Crippen LogP contribution is -2.58. The molecule has 1 saturated carbocycles. The predicted molar refractivity (Wildman–Crippen MR) is 57.2 cm³/mol. The maximum atomic E-state index is 6.01. The monoisotopic (exact) mass is 198 g/mol. The van der Waals surface area contributed by atoms with E-state index >= 15 is 0 Å². The summed E-state index contributed by atoms with van der Waals surface area (Å²) in [6.07, 6.45) is 3.97. The van der Waals surface area contributed by atoms with Gasteiger partial charge in [0.1, 0.15) is 0 Å². The molecule has 3 heteroatoms. The van der Waals surface area contributed by atoms with Gasteiger partial charge >= 0.3 is 0 Å². The van der Waals surface area contributed by atoms with Crippen LogP contribution in [0.3, 0.4) is 0 Å². The molecule has 0 radical (unpaired) electrons. The van der Waals surface area contributed by atoms with E-state index in [1.807, 2.05) is 0 Å². The first-order valence-corrected chi connectivity index (χ1v) is 5.82. The summed E-state index contributed by atoms with van der Waals surface area (Å²) < 4.78 is 5.40. The van der Waals surface area contributed by atoms with Crippen LogP contribution in [0.25, 0.3) is 0 Å². The van der Waals surface area contributed by atoms with Gasteiger partial charge in [-0.25, -0.2) is 0 Å². The van der Waals surface area contributed by atoms with Crippen LogP contribution in [0.1, 0.15) is 26.2 Å². The van der Waals surface area contributed by atoms with Gasteiger partial charge in [-0.2, -0.15) is 0 Å². The Hall–Kier alpha value is -0.120. The van der Waals surface area contributed by atoms with Crippen LogP contribution < -0.4 is 5.73 Å². The molecule has 14 heavy (non-hydrogen) atoms. The molecule has 82 valence electrons. The van der Waals surface area contributed by atoms with Crippen LogP contribution in [-0.4, -0.2) is 43.3 Å². The minimum Gasteiger partial charge on any atom is -0.379 e. The van der Waals surface area contributed by atoms with Crippen LogP contribution in [0, 0.1) is 5.92 Å². The van der Waals surface area contributed by atoms with Gasteiger partial charge in [0.15, 0.2) is 0 Å². The number of ether oxygens (including phenoxy) is 1. The summed E-state index contributed by atoms with van der Waals surface area (Å²) in [5.74, 6) is 0.755. The van der Waals surface area contributed by atoms with E-state index in [4.69, 9.17) is 10.5 Å². The van der Waals surface area contributed by atoms with Crippen LogP contribution in [0.2, 0.25) is 0 Å². The highest BCUT2D eigenvalue weighted by Crippen LogP contribution is 2.39. The minimum atomic E-state index is 0.295. The molecule has 2 atom stereocenters. The van der Waals surface area contributed by atoms with E-state index in [0.717, 1.165) is 38.8 Å². The van der Waals surface area contributed by atoms with Crippen molar-refractivity contribution in [2.75, 3.05) is 32.8 Å². The summed E-state index contributed by atoms with van der Waals surface area (Å²) >= 11 is 0. The van der Waals surface area contributed by atoms with Crippen molar-refractivity contribution >= 4 is 0 Å². The van der Waals surface area contributed by atoms with Crippen molar-refractivity contribution in [3.8, 4) is 0 Å². The van der Waals surface area contributed by atoms with Crippen molar-refractivity contribution in [1.82, 2.24) is 4.90 Å². The number of hydrogen-bond donors (Lipinski definition) is 1. The molecular formula is C11H22N2O. The molecule has 0 spiro atoms. The topological polar surface area (TPSA) is 38.5 Å². The fraction of sp³-hybridized carbons (Fsp3) is 1.00. The van der Waals surface area contributed by atoms with Crippen molar-refractivity contribution in [2.45, 2.75) is 31.7 Å². The molecule has 2 N–H and O–H groups in total. The van der Waals surface area contributed by atoms with Gasteiger partial charge in [0.2, 0.25) is 0 Å². The van der Waals surface area contributed by atoms with Crippen molar-refractivity contribution in [3.63, 3.8) is 0 Å². The molecule has 1 aliphatic carbocycles. The quantitative estimate of drug-likeness (QED) is 0.714. The number of nitrogens with two attached hydrogens (primary N) is 1. The van der Waals surface area contributed by atoms with Crippen LogP contribution in [0.5, 0.6) is 0 Å². The van der Waals surface area contributed by atoms with Gasteiger partial charge in [-0.05, 0) is 18.8 Å². The van der Waals surface area contributed by atoms with Gasteiger partial charge in [-0.15, -0.1) is 0 Å². The predicted octanol–water partition coefficient (Wildman–Crippen LogP) is 0.836. The second-order valence-electron chi connectivity index (χ2n) is 4.70. The van der Waals surface area contributed by atoms with E-state index in [1.54, 1.807) is 0 Å². The lowest BCUT2D eigenvalue weighted by Gasteiger charge is -2.45. The smallest absolute Gasteiger partial charge is 0.0594 e. The Morgan fingerprint density at radius 1 is 1.43 bits per heavy atom. The first-order chi connectivity index (χ1) is 6.79. The minimum absolute atomic E-state index is 0.295. The Balaban J connectivity index is 2.09. The van der Waals surface area contributed by atoms with Crippen LogP contribution in [0.15, 0.2) is 0 Å². The van der Waals surface area contributed by atoms with Gasteiger partial charge < -0.3 is 10.5 Å². The summed E-state index contributed by atoms with van der Waals surface area (Å²) in [5.41, 5.74) is 6.30. The van der Waals surface area contributed by atoms with Gasteiger partial charge in [0.25, 0.3) is 0 Å². The molecule has 2 unspecified atom stereocenters. The van der Waals surface area contributed by atoms with Crippen molar-refractivity contribution < 1.29 is 4.74 Å². The highest BCUT2D eigenvalue weighted by Gasteiger charge is 2.44. The highest BCUT2D eigenvalue weighted by atomic mass is 16.5. The third-order valence-electron chi connectivity index (χ3n) is 4.16. The first-order valence-electron chi connectivity index (χ1n) is 5.82. The van der Waals surface area contributed by atoms with Crippen LogP contribution in [-0.2, 0) is 4.74 Å². The summed E-state index contributed by atoms with van der Waals surface area (Å²) in [4.78, 5) is 2.58. The maximum Gasteiger partial charge on any atom is 0.0594 e. The summed E-state index contributed by atoms with van der Waals surface area (Å²) in [7, 11) is 0. The van der Waals surface area contributed by atoms with Gasteiger partial charge in [0, 0.05) is 25.2 Å². The Kier molecular flexibility index (Phi) is 3.10. The molecule has 3 nitrogen and oxygen atoms in total. The molecular weight excluding hydrogens is 176 g/mol. The second-order valence-corrected chi connectivity index (χ2v) is 4.70. The van der Waals surface area contributed by atoms with Crippen LogP contribution in [0.4, 0.5) is 0 Å². The van der Waals surface area contributed by atoms with E-state index in [2.05, 4.69) is 11.8 Å². The second kappa shape index (κ2) is 4.17. The zero-order valence-corrected chi connectivity index (χ0v) is 9.17. The summed E-state index contributed by atoms with van der Waals surface area (Å²) in [5, 5.41) is 0. The van der Waals surface area contributed by atoms with Crippen LogP contribution >= 0.6 is 0 Å². The third-order valence-corrected chi connectivity index (χ3v) is 4.16. The van der Waals surface area contributed by atoms with E-state index in [9.17, 15) is 0 Å². The molecule has 2 aliphatic rings. The van der Waals surface area contributed by atoms with E-state index in [0.29, 0.717) is 5.54 Å². The Bertz CT molecular complexity index is 192. The summed E-state index contributed by atoms with van der Waals surface area (Å²) in [6, 6.07) is 0. The van der Waals surface area contributed by atoms with Gasteiger partial charge in [-0.3, -0.25) is 4.90 Å². The van der Waals surface area contributed by atoms with Crippen molar-refractivity contribution in [3.05, 3.63) is 0 Å². The molecule has 0 aromatic rings. The number of hydrogen-bond acceptors (Lipinski definition) is 3. The SMILES string of the molecule is CC1CCCC1(CN)N1CCOCC1. The largest absolute Gasteiger partial charge is 0.379 e. The zero-order valence-electron chi connectivity index (χ0n) is 9.17. The standard InChI is InChI=1S/C11H22N2O/c1-10-3-2-4-11(10,9-12)13-5-7-14-8-6-13/h10H,2-9,12H2,1H3. The van der Waals surface area contributed by atoms with Gasteiger partial charge in [0.05, 0.1) is 13.2 Å². The van der Waals surface area contributed by atoms with E-state index in [1.165, 1.54) is 19.3 Å². The number of rotatable bonds is 2. The first kappa shape index (κ1) is 10.4. The fourth-order valence-electron chi connectivity index (χ4n) is 3.14. The zero-order chi connectivity index (χ0) is 10.0. The molecule has 0 aromatic carbocycles. The van der Waals surface area contributed by atoms with E-state index in [-0.39, 0.29) is 0 Å². The summed E-state index contributed by atoms with van der Waals surface area (Å²) in [6.45, 7) is 7.08. The lowest BCUT2D eigenvalue weighted by molar-refractivity contribution is -0.0318. The van der Waals surface area contributed by atoms with Crippen molar-refractivity contribution in [1.29, 1.82) is 0 Å². The van der Waals surface area contributed by atoms with Crippen molar-refractivity contribution in [2.24, 2.45) is 11.7 Å². The number of nitrogens with zero attached hydrogens (tertiary/aromatic N) is 1. The highest BCUT2D eigenvalue weighted by molar-refractivity contribution is 5.00. The molecule has 2 fully saturated rings.